The summed E-state index contributed by atoms with van der Waals surface area (Å²) >= 11 is 0. The molecule has 0 N–H and O–H groups in total. The Kier molecular flexibility index (Phi) is 1.42. The van der Waals surface area contributed by atoms with Crippen LogP contribution in [0.4, 0.5) is 0 Å². The van der Waals surface area contributed by atoms with Crippen LogP contribution in [0.2, 0.25) is 0 Å². The van der Waals surface area contributed by atoms with Gasteiger partial charge in [0, 0.05) is 0 Å². The van der Waals surface area contributed by atoms with Crippen molar-refractivity contribution in [1.29, 1.82) is 0 Å². The van der Waals surface area contributed by atoms with Gasteiger partial charge in [0.1, 0.15) is 0 Å². The van der Waals surface area contributed by atoms with Gasteiger partial charge in [0.2, 0.25) is 0 Å². The van der Waals surface area contributed by atoms with Gasteiger partial charge < -0.3 is 0 Å². The van der Waals surface area contributed by atoms with Gasteiger partial charge in [-0.2, -0.15) is 0 Å². The number of rotatable bonds is 1. The van der Waals surface area contributed by atoms with E-state index in [1.54, 1.807) is 0 Å². The molecular formula is C16H12. The number of hydrogen-bond donors (Lipinski definition) is 0. The fourth-order valence-corrected chi connectivity index (χ4v) is 2.15. The molecule has 0 heterocycles. The maximum atomic E-state index is 8.04. The van der Waals surface area contributed by atoms with Gasteiger partial charge in [-0.25, -0.2) is 0 Å². The maximum absolute atomic E-state index is 8.04. The van der Waals surface area contributed by atoms with Gasteiger partial charge in [0.15, 0.2) is 0 Å². The van der Waals surface area contributed by atoms with E-state index < -0.39 is 6.53 Å². The zero-order chi connectivity index (χ0) is 13.4. The van der Waals surface area contributed by atoms with Gasteiger partial charge in [-0.15, -0.1) is 0 Å². The molecule has 0 spiro atoms. The molecule has 0 radical (unpaired) electrons. The number of benzene rings is 3. The highest BCUT2D eigenvalue weighted by Crippen LogP contribution is 2.28. The van der Waals surface area contributed by atoms with Gasteiger partial charge in [0.25, 0.3) is 0 Å². The highest BCUT2D eigenvalue weighted by Gasteiger charge is 2.03. The lowest BCUT2D eigenvalue weighted by Gasteiger charge is -2.07. The average Bonchev–Trinajstić information content (AvgIpc) is 2.43. The molecule has 0 saturated heterocycles. The molecule has 0 amide bonds. The van der Waals surface area contributed by atoms with Crippen LogP contribution in [-0.4, -0.2) is 0 Å². The maximum Gasteiger partial charge on any atom is 0.0623 e. The summed E-state index contributed by atoms with van der Waals surface area (Å²) in [7, 11) is 0. The Hall–Kier alpha value is -2.08. The lowest BCUT2D eigenvalue weighted by Crippen LogP contribution is -1.82. The van der Waals surface area contributed by atoms with Gasteiger partial charge >= 0.3 is 0 Å². The zero-order valence-electron chi connectivity index (χ0n) is 11.7. The van der Waals surface area contributed by atoms with Gasteiger partial charge in [0.05, 0.1) is 4.11 Å². The molecule has 0 saturated carbocycles. The first-order chi connectivity index (χ1) is 9.18. The van der Waals surface area contributed by atoms with Crippen LogP contribution in [0, 0.1) is 0 Å². The van der Waals surface area contributed by atoms with E-state index in [-0.39, 0.29) is 6.05 Å². The topological polar surface area (TPSA) is 0 Å². The Morgan fingerprint density at radius 3 is 2.06 bits per heavy atom. The second kappa shape index (κ2) is 3.49. The van der Waals surface area contributed by atoms with Gasteiger partial charge in [-0.05, 0) is 33.2 Å². The summed E-state index contributed by atoms with van der Waals surface area (Å²) in [6.07, 6.45) is 0. The first-order valence-corrected chi connectivity index (χ1v) is 5.23. The van der Waals surface area contributed by atoms with Crippen molar-refractivity contribution in [3.63, 3.8) is 0 Å². The van der Waals surface area contributed by atoms with Crippen molar-refractivity contribution >= 4 is 27.6 Å². The Morgan fingerprint density at radius 2 is 1.50 bits per heavy atom. The van der Waals surface area contributed by atoms with Crippen LogP contribution < -0.4 is 0 Å². The monoisotopic (exact) mass is 207 g/mol. The molecule has 0 aliphatic rings. The minimum Gasteiger partial charge on any atom is -0.0984 e. The first kappa shape index (κ1) is 6.49. The molecule has 0 bridgehead atoms. The van der Waals surface area contributed by atoms with Crippen molar-refractivity contribution in [3.05, 3.63) is 66.7 Å². The van der Waals surface area contributed by atoms with Crippen LogP contribution in [0.25, 0.3) is 27.6 Å². The molecule has 3 aromatic carbocycles. The molecule has 3 aromatic rings. The Balaban J connectivity index is 2.58. The fraction of sp³-hybridized carbons (Fsp3) is 0. The summed E-state index contributed by atoms with van der Waals surface area (Å²) in [5.74, 6) is 0. The average molecular weight is 207 g/mol. The molecule has 0 aromatic heterocycles. The molecule has 0 aliphatic carbocycles. The minimum absolute atomic E-state index is 0.0343. The Labute approximate surface area is 99.0 Å². The van der Waals surface area contributed by atoms with Crippen molar-refractivity contribution in [2.45, 2.75) is 0 Å². The molecule has 0 aliphatic heterocycles. The summed E-state index contributed by atoms with van der Waals surface area (Å²) in [6.45, 7) is -0.457. The predicted octanol–water partition coefficient (Wildman–Crippen LogP) is 4.64. The van der Waals surface area contributed by atoms with E-state index in [0.717, 1.165) is 21.5 Å². The van der Waals surface area contributed by atoms with E-state index in [0.29, 0.717) is 5.56 Å². The summed E-state index contributed by atoms with van der Waals surface area (Å²) in [4.78, 5) is 0. The lowest BCUT2D eigenvalue weighted by molar-refractivity contribution is 1.74. The van der Waals surface area contributed by atoms with Gasteiger partial charge in [-0.1, -0.05) is 61.1 Å². The largest absolute Gasteiger partial charge is 0.0984 e. The normalized spacial score (nSPS) is 13.1. The summed E-state index contributed by atoms with van der Waals surface area (Å²) in [6, 6.07) is 17.7. The molecule has 0 unspecified atom stereocenters. The first-order valence-electron chi connectivity index (χ1n) is 6.73. The van der Waals surface area contributed by atoms with Crippen LogP contribution in [0.3, 0.4) is 0 Å². The van der Waals surface area contributed by atoms with Crippen LogP contribution in [0.15, 0.2) is 61.1 Å². The van der Waals surface area contributed by atoms with E-state index in [1.807, 2.05) is 48.5 Å². The standard InChI is InChI=1S/C16H12/c1-2-14-15-9-5-3-7-12(15)11-13-8-4-6-10-16(13)14/h2-11H,1H2/i1D2,2D. The van der Waals surface area contributed by atoms with Crippen molar-refractivity contribution in [3.8, 4) is 0 Å². The second-order valence-corrected chi connectivity index (χ2v) is 3.82. The van der Waals surface area contributed by atoms with E-state index in [9.17, 15) is 0 Å². The summed E-state index contributed by atoms with van der Waals surface area (Å²) < 4.78 is 22.9. The molecule has 0 atom stereocenters. The lowest BCUT2D eigenvalue weighted by atomic mass is 9.97. The van der Waals surface area contributed by atoms with Crippen molar-refractivity contribution in [1.82, 2.24) is 0 Å². The van der Waals surface area contributed by atoms with E-state index in [4.69, 9.17) is 4.11 Å². The Bertz CT molecular complexity index is 745. The van der Waals surface area contributed by atoms with Crippen LogP contribution in [-0.2, 0) is 0 Å². The third-order valence-corrected chi connectivity index (χ3v) is 2.90. The fourth-order valence-electron chi connectivity index (χ4n) is 2.15. The van der Waals surface area contributed by atoms with E-state index in [2.05, 4.69) is 6.07 Å². The third kappa shape index (κ3) is 1.24. The van der Waals surface area contributed by atoms with Crippen molar-refractivity contribution < 1.29 is 4.11 Å². The molecule has 0 nitrogen and oxygen atoms in total. The van der Waals surface area contributed by atoms with Crippen molar-refractivity contribution in [2.75, 3.05) is 0 Å². The third-order valence-electron chi connectivity index (χ3n) is 2.90. The number of fused-ring (bicyclic) bond motifs is 2. The van der Waals surface area contributed by atoms with E-state index in [1.165, 1.54) is 0 Å². The van der Waals surface area contributed by atoms with Crippen LogP contribution in [0.5, 0.6) is 0 Å². The quantitative estimate of drug-likeness (QED) is 0.510. The van der Waals surface area contributed by atoms with Crippen LogP contribution in [0.1, 0.15) is 9.68 Å². The number of hydrogen-bond acceptors (Lipinski definition) is 0. The molecule has 76 valence electrons. The minimum atomic E-state index is -0.457. The molecule has 3 rings (SSSR count). The summed E-state index contributed by atoms with van der Waals surface area (Å²) in [5, 5.41) is 3.90. The van der Waals surface area contributed by atoms with Gasteiger partial charge in [-0.3, -0.25) is 0 Å². The highest BCUT2D eigenvalue weighted by atomic mass is 14.1. The zero-order valence-corrected chi connectivity index (χ0v) is 8.70. The van der Waals surface area contributed by atoms with Crippen LogP contribution >= 0.6 is 0 Å². The summed E-state index contributed by atoms with van der Waals surface area (Å²) in [5.41, 5.74) is 0.675. The molecule has 16 heavy (non-hydrogen) atoms. The predicted molar refractivity (Wildman–Crippen MR) is 71.5 cm³/mol. The smallest absolute Gasteiger partial charge is 0.0623 e. The molecule has 0 fully saturated rings. The molecular weight excluding hydrogens is 192 g/mol. The van der Waals surface area contributed by atoms with Crippen molar-refractivity contribution in [2.24, 2.45) is 0 Å². The highest BCUT2D eigenvalue weighted by molar-refractivity contribution is 6.06. The Morgan fingerprint density at radius 1 is 0.938 bits per heavy atom. The van der Waals surface area contributed by atoms with E-state index >= 15 is 0 Å². The molecule has 0 heteroatoms. The second-order valence-electron chi connectivity index (χ2n) is 3.82. The SMILES string of the molecule is [2H]C([2H])=C([2H])c1c2ccccc2cc2ccccc12.